The summed E-state index contributed by atoms with van der Waals surface area (Å²) in [7, 11) is 0. The molecule has 4 nitrogen and oxygen atoms in total. The fourth-order valence-corrected chi connectivity index (χ4v) is 2.22. The fourth-order valence-electron chi connectivity index (χ4n) is 1.32. The molecule has 0 aliphatic rings. The Kier molecular flexibility index (Phi) is 3.01. The summed E-state index contributed by atoms with van der Waals surface area (Å²) in [4.78, 5) is 1.73. The van der Waals surface area contributed by atoms with Crippen LogP contribution in [0.3, 0.4) is 0 Å². The summed E-state index contributed by atoms with van der Waals surface area (Å²) in [5.41, 5.74) is 11.8. The van der Waals surface area contributed by atoms with Crippen LogP contribution in [0.4, 0.5) is 11.4 Å². The summed E-state index contributed by atoms with van der Waals surface area (Å²) in [5, 5.41) is 18.8. The van der Waals surface area contributed by atoms with Crippen LogP contribution in [-0.4, -0.2) is 10.2 Å². The Balaban J connectivity index is 2.25. The molecule has 0 saturated carbocycles. The Bertz CT molecular complexity index is 509. The number of phenolic OH excluding ortho intramolecular Hbond substituents is 2. The second-order valence-electron chi connectivity index (χ2n) is 3.54. The molecular formula is C12H12N2O2S. The van der Waals surface area contributed by atoms with Gasteiger partial charge in [-0.2, -0.15) is 0 Å². The van der Waals surface area contributed by atoms with Gasteiger partial charge in [0.1, 0.15) is 11.5 Å². The maximum Gasteiger partial charge on any atom is 0.139 e. The molecule has 5 heteroatoms. The van der Waals surface area contributed by atoms with Crippen LogP contribution in [0.25, 0.3) is 0 Å². The Labute approximate surface area is 103 Å². The van der Waals surface area contributed by atoms with E-state index in [9.17, 15) is 10.2 Å². The molecule has 6 N–H and O–H groups in total. The highest BCUT2D eigenvalue weighted by molar-refractivity contribution is 7.99. The molecule has 0 aromatic heterocycles. The molecule has 2 aromatic carbocycles. The average Bonchev–Trinajstić information content (AvgIpc) is 2.29. The van der Waals surface area contributed by atoms with Crippen molar-refractivity contribution in [1.82, 2.24) is 0 Å². The minimum Gasteiger partial charge on any atom is -0.506 e. The van der Waals surface area contributed by atoms with Crippen LogP contribution in [-0.2, 0) is 0 Å². The largest absolute Gasteiger partial charge is 0.506 e. The average molecular weight is 248 g/mol. The maximum absolute atomic E-state index is 9.47. The van der Waals surface area contributed by atoms with Gasteiger partial charge in [0, 0.05) is 9.79 Å². The maximum atomic E-state index is 9.47. The van der Waals surface area contributed by atoms with Crippen LogP contribution in [0, 0.1) is 0 Å². The summed E-state index contributed by atoms with van der Waals surface area (Å²) in [5.74, 6) is 0.122. The molecule has 0 unspecified atom stereocenters. The van der Waals surface area contributed by atoms with Crippen LogP contribution in [0.15, 0.2) is 46.2 Å². The zero-order chi connectivity index (χ0) is 12.4. The first-order chi connectivity index (χ1) is 8.06. The zero-order valence-electron chi connectivity index (χ0n) is 8.92. The third kappa shape index (κ3) is 2.57. The van der Waals surface area contributed by atoms with E-state index in [1.807, 2.05) is 6.07 Å². The molecule has 0 amide bonds. The number of phenols is 2. The second-order valence-corrected chi connectivity index (χ2v) is 4.69. The minimum atomic E-state index is 0.0572. The van der Waals surface area contributed by atoms with Gasteiger partial charge in [-0.3, -0.25) is 0 Å². The van der Waals surface area contributed by atoms with Gasteiger partial charge in [-0.25, -0.2) is 0 Å². The first kappa shape index (κ1) is 11.5. The van der Waals surface area contributed by atoms with Gasteiger partial charge in [0.05, 0.1) is 11.4 Å². The minimum absolute atomic E-state index is 0.0572. The molecule has 17 heavy (non-hydrogen) atoms. The van der Waals surface area contributed by atoms with Crippen molar-refractivity contribution in [3.05, 3.63) is 36.4 Å². The number of nitrogen functional groups attached to an aromatic ring is 2. The van der Waals surface area contributed by atoms with Gasteiger partial charge >= 0.3 is 0 Å². The van der Waals surface area contributed by atoms with E-state index >= 15 is 0 Å². The number of benzene rings is 2. The van der Waals surface area contributed by atoms with Crippen molar-refractivity contribution in [2.45, 2.75) is 9.79 Å². The number of hydrogen-bond acceptors (Lipinski definition) is 5. The molecule has 2 aromatic rings. The molecule has 0 spiro atoms. The lowest BCUT2D eigenvalue weighted by Gasteiger charge is -2.05. The van der Waals surface area contributed by atoms with Crippen molar-refractivity contribution >= 4 is 23.1 Å². The van der Waals surface area contributed by atoms with Crippen LogP contribution >= 0.6 is 11.8 Å². The van der Waals surface area contributed by atoms with Gasteiger partial charge in [0.15, 0.2) is 0 Å². The second kappa shape index (κ2) is 4.47. The molecule has 0 aliphatic heterocycles. The monoisotopic (exact) mass is 248 g/mol. The Hall–Kier alpha value is -2.01. The molecule has 0 aliphatic carbocycles. The predicted octanol–water partition coefficient (Wildman–Crippen LogP) is 2.41. The number of aromatic hydroxyl groups is 2. The van der Waals surface area contributed by atoms with Gasteiger partial charge in [0.2, 0.25) is 0 Å². The highest BCUT2D eigenvalue weighted by Crippen LogP contribution is 2.34. The first-order valence-corrected chi connectivity index (χ1v) is 5.73. The van der Waals surface area contributed by atoms with E-state index in [0.717, 1.165) is 9.79 Å². The zero-order valence-corrected chi connectivity index (χ0v) is 9.74. The van der Waals surface area contributed by atoms with Gasteiger partial charge < -0.3 is 21.7 Å². The standard InChI is InChI=1S/C12H12N2O2S/c13-9-3-1-8(6-12(9)16)17-7-2-4-11(15)10(14)5-7/h1-6,15-16H,13-14H2. The fraction of sp³-hybridized carbons (Fsp3) is 0. The number of hydrogen-bond donors (Lipinski definition) is 4. The quantitative estimate of drug-likeness (QED) is 0.484. The lowest BCUT2D eigenvalue weighted by molar-refractivity contribution is 0.476. The van der Waals surface area contributed by atoms with Crippen molar-refractivity contribution < 1.29 is 10.2 Å². The number of nitrogens with two attached hydrogens (primary N) is 2. The van der Waals surface area contributed by atoms with E-state index in [0.29, 0.717) is 11.4 Å². The summed E-state index contributed by atoms with van der Waals surface area (Å²) < 4.78 is 0. The molecule has 0 saturated heterocycles. The summed E-state index contributed by atoms with van der Waals surface area (Å²) in [6.07, 6.45) is 0. The van der Waals surface area contributed by atoms with Crippen molar-refractivity contribution in [3.8, 4) is 11.5 Å². The molecule has 0 atom stereocenters. The first-order valence-electron chi connectivity index (χ1n) is 4.91. The van der Waals surface area contributed by atoms with E-state index in [4.69, 9.17) is 11.5 Å². The van der Waals surface area contributed by atoms with Gasteiger partial charge in [-0.15, -0.1) is 0 Å². The van der Waals surface area contributed by atoms with E-state index in [1.54, 1.807) is 24.3 Å². The summed E-state index contributed by atoms with van der Waals surface area (Å²) >= 11 is 1.43. The molecule has 2 rings (SSSR count). The van der Waals surface area contributed by atoms with Gasteiger partial charge in [-0.05, 0) is 36.4 Å². The molecule has 0 bridgehead atoms. The SMILES string of the molecule is Nc1cc(Sc2ccc(N)c(O)c2)ccc1O. The molecule has 0 radical (unpaired) electrons. The van der Waals surface area contributed by atoms with Crippen LogP contribution in [0.1, 0.15) is 0 Å². The summed E-state index contributed by atoms with van der Waals surface area (Å²) in [6.45, 7) is 0. The van der Waals surface area contributed by atoms with Crippen molar-refractivity contribution in [1.29, 1.82) is 0 Å². The molecule has 0 fully saturated rings. The lowest BCUT2D eigenvalue weighted by Crippen LogP contribution is -1.86. The van der Waals surface area contributed by atoms with Crippen molar-refractivity contribution in [2.75, 3.05) is 11.5 Å². The number of anilines is 2. The molecule has 0 heterocycles. The van der Waals surface area contributed by atoms with Crippen LogP contribution < -0.4 is 11.5 Å². The van der Waals surface area contributed by atoms with Crippen molar-refractivity contribution in [2.24, 2.45) is 0 Å². The highest BCUT2D eigenvalue weighted by atomic mass is 32.2. The van der Waals surface area contributed by atoms with Crippen LogP contribution in [0.2, 0.25) is 0 Å². The topological polar surface area (TPSA) is 92.5 Å². The normalized spacial score (nSPS) is 10.4. The summed E-state index contributed by atoms with van der Waals surface area (Å²) in [6, 6.07) is 10.00. The van der Waals surface area contributed by atoms with Crippen molar-refractivity contribution in [3.63, 3.8) is 0 Å². The van der Waals surface area contributed by atoms with E-state index < -0.39 is 0 Å². The third-order valence-electron chi connectivity index (χ3n) is 2.24. The highest BCUT2D eigenvalue weighted by Gasteiger charge is 2.03. The van der Waals surface area contributed by atoms with E-state index in [1.165, 1.54) is 17.8 Å². The van der Waals surface area contributed by atoms with Gasteiger partial charge in [0.25, 0.3) is 0 Å². The van der Waals surface area contributed by atoms with Crippen LogP contribution in [0.5, 0.6) is 11.5 Å². The Morgan fingerprint density at radius 3 is 2.06 bits per heavy atom. The molecule has 88 valence electrons. The third-order valence-corrected chi connectivity index (χ3v) is 3.22. The molecular weight excluding hydrogens is 236 g/mol. The van der Waals surface area contributed by atoms with E-state index in [-0.39, 0.29) is 11.5 Å². The smallest absolute Gasteiger partial charge is 0.139 e. The lowest BCUT2D eigenvalue weighted by atomic mass is 10.3. The predicted molar refractivity (Wildman–Crippen MR) is 69.2 cm³/mol. The Morgan fingerprint density at radius 1 is 0.765 bits per heavy atom. The van der Waals surface area contributed by atoms with E-state index in [2.05, 4.69) is 0 Å². The Morgan fingerprint density at radius 2 is 1.41 bits per heavy atom. The van der Waals surface area contributed by atoms with Gasteiger partial charge in [-0.1, -0.05) is 11.8 Å². The number of rotatable bonds is 2.